The van der Waals surface area contributed by atoms with Gasteiger partial charge in [0, 0.05) is 6.54 Å². The molecule has 3 rings (SSSR count). The van der Waals surface area contributed by atoms with Crippen molar-refractivity contribution >= 4 is 11.5 Å². The molecule has 0 unspecified atom stereocenters. The molecular weight excluding hydrogens is 397 g/mol. The number of nitrogens with one attached hydrogen (secondary N) is 1. The molecule has 1 amide bonds. The first-order valence-corrected chi connectivity index (χ1v) is 10.6. The third kappa shape index (κ3) is 6.00. The van der Waals surface area contributed by atoms with Crippen LogP contribution in [-0.4, -0.2) is 40.0 Å². The standard InChI is InChI=1S/C25H30FNO4/c1-29-23-10-7-18(15-24(23)30-2)11-13-27-25(28)22(17-31-14-12-26)21-9-8-19-5-3-4-6-20(19)16-21/h7-10,15-17H,3-6,11-14H2,1-2H3,(H,27,28)/b22-17-. The summed E-state index contributed by atoms with van der Waals surface area (Å²) in [7, 11) is 3.19. The fourth-order valence-corrected chi connectivity index (χ4v) is 3.79. The van der Waals surface area contributed by atoms with E-state index in [0.717, 1.165) is 30.4 Å². The number of ether oxygens (including phenoxy) is 3. The molecule has 0 fully saturated rings. The van der Waals surface area contributed by atoms with Crippen LogP contribution in [0.3, 0.4) is 0 Å². The molecule has 0 saturated carbocycles. The van der Waals surface area contributed by atoms with Gasteiger partial charge in [0.25, 0.3) is 5.91 Å². The molecule has 0 aromatic heterocycles. The number of alkyl halides is 1. The van der Waals surface area contributed by atoms with Gasteiger partial charge in [0.15, 0.2) is 11.5 Å². The van der Waals surface area contributed by atoms with Crippen LogP contribution < -0.4 is 14.8 Å². The lowest BCUT2D eigenvalue weighted by atomic mass is 9.89. The monoisotopic (exact) mass is 427 g/mol. The van der Waals surface area contributed by atoms with E-state index < -0.39 is 6.67 Å². The zero-order valence-corrected chi connectivity index (χ0v) is 18.2. The van der Waals surface area contributed by atoms with E-state index in [9.17, 15) is 9.18 Å². The van der Waals surface area contributed by atoms with E-state index in [1.54, 1.807) is 14.2 Å². The molecule has 2 aromatic rings. The lowest BCUT2D eigenvalue weighted by Crippen LogP contribution is -2.27. The second kappa shape index (κ2) is 11.4. The van der Waals surface area contributed by atoms with Gasteiger partial charge in [-0.1, -0.05) is 24.3 Å². The number of benzene rings is 2. The minimum absolute atomic E-state index is 0.0760. The average molecular weight is 428 g/mol. The van der Waals surface area contributed by atoms with Crippen molar-refractivity contribution in [2.75, 3.05) is 34.0 Å². The molecule has 0 atom stereocenters. The Balaban J connectivity index is 1.68. The van der Waals surface area contributed by atoms with E-state index in [-0.39, 0.29) is 12.5 Å². The van der Waals surface area contributed by atoms with E-state index in [1.165, 1.54) is 23.8 Å². The van der Waals surface area contributed by atoms with Crippen LogP contribution in [0.5, 0.6) is 11.5 Å². The number of halogens is 1. The van der Waals surface area contributed by atoms with E-state index in [2.05, 4.69) is 17.4 Å². The van der Waals surface area contributed by atoms with Crippen LogP contribution >= 0.6 is 0 Å². The van der Waals surface area contributed by atoms with E-state index >= 15 is 0 Å². The molecule has 6 heteroatoms. The van der Waals surface area contributed by atoms with E-state index in [1.807, 2.05) is 24.3 Å². The molecule has 1 N–H and O–H groups in total. The maximum atomic E-state index is 12.9. The summed E-state index contributed by atoms with van der Waals surface area (Å²) in [6, 6.07) is 11.8. The van der Waals surface area contributed by atoms with Crippen LogP contribution in [0.25, 0.3) is 5.57 Å². The van der Waals surface area contributed by atoms with E-state index in [0.29, 0.717) is 30.0 Å². The minimum Gasteiger partial charge on any atom is -0.498 e. The molecule has 31 heavy (non-hydrogen) atoms. The van der Waals surface area contributed by atoms with Gasteiger partial charge < -0.3 is 19.5 Å². The van der Waals surface area contributed by atoms with Gasteiger partial charge in [-0.25, -0.2) is 4.39 Å². The predicted octanol–water partition coefficient (Wildman–Crippen LogP) is 4.27. The molecule has 2 aromatic carbocycles. The maximum absolute atomic E-state index is 12.9. The Morgan fingerprint density at radius 1 is 1.03 bits per heavy atom. The fourth-order valence-electron chi connectivity index (χ4n) is 3.79. The van der Waals surface area contributed by atoms with Crippen LogP contribution in [0.4, 0.5) is 4.39 Å². The number of carbonyl (C=O) groups excluding carboxylic acids is 1. The van der Waals surface area contributed by atoms with Crippen molar-refractivity contribution in [3.8, 4) is 11.5 Å². The smallest absolute Gasteiger partial charge is 0.255 e. The largest absolute Gasteiger partial charge is 0.498 e. The van der Waals surface area contributed by atoms with Gasteiger partial charge >= 0.3 is 0 Å². The summed E-state index contributed by atoms with van der Waals surface area (Å²) in [6.07, 6.45) is 6.45. The first kappa shape index (κ1) is 22.7. The summed E-state index contributed by atoms with van der Waals surface area (Å²) in [6.45, 7) is -0.234. The summed E-state index contributed by atoms with van der Waals surface area (Å²) < 4.78 is 28.4. The summed E-state index contributed by atoms with van der Waals surface area (Å²) >= 11 is 0. The van der Waals surface area contributed by atoms with Crippen LogP contribution in [0.15, 0.2) is 42.7 Å². The van der Waals surface area contributed by atoms with Gasteiger partial charge in [0.05, 0.1) is 26.1 Å². The fraction of sp³-hybridized carbons (Fsp3) is 0.400. The molecule has 0 radical (unpaired) electrons. The van der Waals surface area contributed by atoms with Gasteiger partial charge in [0.2, 0.25) is 0 Å². The molecule has 0 saturated heterocycles. The Bertz CT molecular complexity index is 926. The van der Waals surface area contributed by atoms with Gasteiger partial charge in [-0.2, -0.15) is 0 Å². The number of hydrogen-bond acceptors (Lipinski definition) is 4. The van der Waals surface area contributed by atoms with Gasteiger partial charge in [0.1, 0.15) is 13.3 Å². The molecule has 0 spiro atoms. The highest BCUT2D eigenvalue weighted by molar-refractivity contribution is 6.19. The van der Waals surface area contributed by atoms with Crippen LogP contribution in [-0.2, 0) is 28.8 Å². The number of carbonyl (C=O) groups is 1. The highest BCUT2D eigenvalue weighted by atomic mass is 19.1. The molecule has 5 nitrogen and oxygen atoms in total. The first-order valence-electron chi connectivity index (χ1n) is 10.6. The Morgan fingerprint density at radius 3 is 2.55 bits per heavy atom. The highest BCUT2D eigenvalue weighted by Gasteiger charge is 2.16. The second-order valence-corrected chi connectivity index (χ2v) is 7.48. The zero-order chi connectivity index (χ0) is 22.1. The normalized spacial score (nSPS) is 13.3. The summed E-state index contributed by atoms with van der Waals surface area (Å²) in [5.41, 5.74) is 4.84. The first-order chi connectivity index (χ1) is 15.2. The number of fused-ring (bicyclic) bond motifs is 1. The van der Waals surface area contributed by atoms with Gasteiger partial charge in [-0.3, -0.25) is 4.79 Å². The van der Waals surface area contributed by atoms with Crippen LogP contribution in [0, 0.1) is 0 Å². The Hall–Kier alpha value is -3.02. The molecule has 1 aliphatic carbocycles. The van der Waals surface area contributed by atoms with Crippen molar-refractivity contribution in [1.82, 2.24) is 5.32 Å². The van der Waals surface area contributed by atoms with Crippen molar-refractivity contribution in [3.63, 3.8) is 0 Å². The molecule has 0 aliphatic heterocycles. The minimum atomic E-state index is -0.602. The quantitative estimate of drug-likeness (QED) is 0.350. The van der Waals surface area contributed by atoms with Crippen molar-refractivity contribution in [2.45, 2.75) is 32.1 Å². The van der Waals surface area contributed by atoms with E-state index in [4.69, 9.17) is 14.2 Å². The summed E-state index contributed by atoms with van der Waals surface area (Å²) in [4.78, 5) is 12.9. The zero-order valence-electron chi connectivity index (χ0n) is 18.2. The molecule has 0 heterocycles. The van der Waals surface area contributed by atoms with Crippen LogP contribution in [0.1, 0.15) is 35.1 Å². The Morgan fingerprint density at radius 2 is 1.81 bits per heavy atom. The van der Waals surface area contributed by atoms with Crippen molar-refractivity contribution in [3.05, 3.63) is 64.9 Å². The average Bonchev–Trinajstić information content (AvgIpc) is 2.81. The summed E-state index contributed by atoms with van der Waals surface area (Å²) in [5, 5.41) is 2.95. The molecule has 1 aliphatic rings. The van der Waals surface area contributed by atoms with Gasteiger partial charge in [-0.15, -0.1) is 0 Å². The number of methoxy groups -OCH3 is 2. The topological polar surface area (TPSA) is 56.8 Å². The van der Waals surface area contributed by atoms with Crippen molar-refractivity contribution in [2.24, 2.45) is 0 Å². The van der Waals surface area contributed by atoms with Gasteiger partial charge in [-0.05, 0) is 66.5 Å². The number of rotatable bonds is 10. The number of hydrogen-bond donors (Lipinski definition) is 1. The number of aryl methyl sites for hydroxylation is 2. The lowest BCUT2D eigenvalue weighted by molar-refractivity contribution is -0.115. The Kier molecular flexibility index (Phi) is 8.33. The third-order valence-corrected chi connectivity index (χ3v) is 5.45. The second-order valence-electron chi connectivity index (χ2n) is 7.48. The molecular formula is C25H30FNO4. The highest BCUT2D eigenvalue weighted by Crippen LogP contribution is 2.28. The predicted molar refractivity (Wildman–Crippen MR) is 119 cm³/mol. The van der Waals surface area contributed by atoms with Crippen LogP contribution in [0.2, 0.25) is 0 Å². The SMILES string of the molecule is COc1ccc(CCNC(=O)/C(=C\OCCF)c2ccc3c(c2)CCCC3)cc1OC. The van der Waals surface area contributed by atoms with Crippen molar-refractivity contribution < 1.29 is 23.4 Å². The molecule has 166 valence electrons. The Labute approximate surface area is 183 Å². The lowest BCUT2D eigenvalue weighted by Gasteiger charge is -2.17. The molecule has 0 bridgehead atoms. The number of amides is 1. The third-order valence-electron chi connectivity index (χ3n) is 5.45. The summed E-state index contributed by atoms with van der Waals surface area (Å²) in [5.74, 6) is 1.08. The maximum Gasteiger partial charge on any atom is 0.255 e. The van der Waals surface area contributed by atoms with Crippen molar-refractivity contribution in [1.29, 1.82) is 0 Å².